The average Bonchev–Trinajstić information content (AvgIpc) is 2.82. The highest BCUT2D eigenvalue weighted by molar-refractivity contribution is 14.0. The van der Waals surface area contributed by atoms with Crippen LogP contribution in [0.3, 0.4) is 0 Å². The molecule has 7 nitrogen and oxygen atoms in total. The Morgan fingerprint density at radius 1 is 1.23 bits per heavy atom. The summed E-state index contributed by atoms with van der Waals surface area (Å²) in [6, 6.07) is 0. The molecule has 2 heterocycles. The molecule has 1 aromatic rings. The van der Waals surface area contributed by atoms with Gasteiger partial charge >= 0.3 is 0 Å². The minimum Gasteiger partial charge on any atom is -0.381 e. The molecule has 0 fully saturated rings. The molecule has 1 aliphatic heterocycles. The molecule has 0 atom stereocenters. The van der Waals surface area contributed by atoms with Gasteiger partial charge in [0.15, 0.2) is 11.8 Å². The molecule has 8 heteroatoms. The van der Waals surface area contributed by atoms with E-state index in [0.717, 1.165) is 63.3 Å². The minimum atomic E-state index is 0. The van der Waals surface area contributed by atoms with Crippen LogP contribution in [-0.2, 0) is 24.2 Å². The van der Waals surface area contributed by atoms with Gasteiger partial charge in [0.1, 0.15) is 12.4 Å². The van der Waals surface area contributed by atoms with Crippen LogP contribution >= 0.6 is 24.0 Å². The summed E-state index contributed by atoms with van der Waals surface area (Å²) in [7, 11) is 0. The van der Waals surface area contributed by atoms with Crippen molar-refractivity contribution in [3.8, 4) is 0 Å². The van der Waals surface area contributed by atoms with Crippen LogP contribution in [0.4, 0.5) is 0 Å². The molecule has 1 aliphatic rings. The first-order valence-corrected chi connectivity index (χ1v) is 9.71. The predicted octanol–water partition coefficient (Wildman–Crippen LogP) is 2.74. The Morgan fingerprint density at radius 3 is 2.85 bits per heavy atom. The molecule has 0 amide bonds. The van der Waals surface area contributed by atoms with E-state index in [9.17, 15) is 0 Å². The van der Waals surface area contributed by atoms with Gasteiger partial charge in [-0.3, -0.25) is 0 Å². The van der Waals surface area contributed by atoms with Gasteiger partial charge in [0, 0.05) is 39.3 Å². The molecule has 0 bridgehead atoms. The molecule has 2 N–H and O–H groups in total. The van der Waals surface area contributed by atoms with Crippen LogP contribution < -0.4 is 10.6 Å². The highest BCUT2D eigenvalue weighted by Crippen LogP contribution is 2.14. The Bertz CT molecular complexity index is 532. The van der Waals surface area contributed by atoms with Gasteiger partial charge in [-0.25, -0.2) is 4.99 Å². The first kappa shape index (κ1) is 23.1. The predicted molar refractivity (Wildman–Crippen MR) is 116 cm³/mol. The van der Waals surface area contributed by atoms with Crippen LogP contribution in [0.1, 0.15) is 58.1 Å². The van der Waals surface area contributed by atoms with Crippen molar-refractivity contribution >= 4 is 29.9 Å². The molecule has 0 aromatic carbocycles. The fraction of sp³-hybridized carbons (Fsp3) is 0.833. The zero-order valence-corrected chi connectivity index (χ0v) is 18.8. The van der Waals surface area contributed by atoms with E-state index >= 15 is 0 Å². The number of guanidine groups is 1. The van der Waals surface area contributed by atoms with E-state index in [2.05, 4.69) is 51.2 Å². The second-order valence-electron chi connectivity index (χ2n) is 6.94. The van der Waals surface area contributed by atoms with E-state index in [-0.39, 0.29) is 24.0 Å². The number of hydrogen-bond acceptors (Lipinski definition) is 4. The first-order valence-electron chi connectivity index (χ1n) is 9.71. The summed E-state index contributed by atoms with van der Waals surface area (Å²) in [6.45, 7) is 11.3. The van der Waals surface area contributed by atoms with Crippen LogP contribution in [0.15, 0.2) is 4.99 Å². The quantitative estimate of drug-likeness (QED) is 0.247. The Morgan fingerprint density at radius 2 is 2.08 bits per heavy atom. The average molecular weight is 478 g/mol. The molecule has 0 spiro atoms. The minimum absolute atomic E-state index is 0. The summed E-state index contributed by atoms with van der Waals surface area (Å²) in [6.07, 6.45) is 5.69. The van der Waals surface area contributed by atoms with Gasteiger partial charge in [-0.1, -0.05) is 20.3 Å². The standard InChI is InChI=1S/C18H34N6O.HI/c1-4-19-18(20-10-8-12-25-14-15(2)3)21-13-17-23-22-16-9-6-5-7-11-24(16)17;/h15H,4-14H2,1-3H3,(H2,19,20,21);1H. The van der Waals surface area contributed by atoms with Crippen molar-refractivity contribution in [1.82, 2.24) is 25.4 Å². The van der Waals surface area contributed by atoms with E-state index in [1.807, 2.05) is 0 Å². The summed E-state index contributed by atoms with van der Waals surface area (Å²) in [5.41, 5.74) is 0. The summed E-state index contributed by atoms with van der Waals surface area (Å²) >= 11 is 0. The van der Waals surface area contributed by atoms with Crippen LogP contribution in [-0.4, -0.2) is 47.0 Å². The van der Waals surface area contributed by atoms with E-state index in [1.54, 1.807) is 0 Å². The maximum atomic E-state index is 5.61. The molecular formula is C18H35IN6O. The number of aliphatic imine (C=N–C) groups is 1. The number of aryl methyl sites for hydroxylation is 1. The molecule has 150 valence electrons. The van der Waals surface area contributed by atoms with Crippen LogP contribution in [0.5, 0.6) is 0 Å². The van der Waals surface area contributed by atoms with Crippen molar-refractivity contribution in [2.24, 2.45) is 10.9 Å². The van der Waals surface area contributed by atoms with Crippen molar-refractivity contribution in [2.45, 2.75) is 66.0 Å². The van der Waals surface area contributed by atoms with Crippen molar-refractivity contribution < 1.29 is 4.74 Å². The molecule has 0 aliphatic carbocycles. The molecular weight excluding hydrogens is 443 g/mol. The normalized spacial score (nSPS) is 14.5. The number of nitrogens with zero attached hydrogens (tertiary/aromatic N) is 4. The van der Waals surface area contributed by atoms with E-state index < -0.39 is 0 Å². The first-order chi connectivity index (χ1) is 12.2. The fourth-order valence-electron chi connectivity index (χ4n) is 2.85. The largest absolute Gasteiger partial charge is 0.381 e. The highest BCUT2D eigenvalue weighted by atomic mass is 127. The topological polar surface area (TPSA) is 76.4 Å². The van der Waals surface area contributed by atoms with Crippen molar-refractivity contribution in [1.29, 1.82) is 0 Å². The third-order valence-electron chi connectivity index (χ3n) is 4.12. The number of nitrogens with one attached hydrogen (secondary N) is 2. The van der Waals surface area contributed by atoms with Gasteiger partial charge in [0.05, 0.1) is 0 Å². The van der Waals surface area contributed by atoms with E-state index in [1.165, 1.54) is 19.3 Å². The third-order valence-corrected chi connectivity index (χ3v) is 4.12. The highest BCUT2D eigenvalue weighted by Gasteiger charge is 2.14. The number of hydrogen-bond donors (Lipinski definition) is 2. The Balaban J connectivity index is 0.00000338. The maximum Gasteiger partial charge on any atom is 0.191 e. The molecule has 1 aromatic heterocycles. The number of halogens is 1. The second kappa shape index (κ2) is 13.3. The maximum absolute atomic E-state index is 5.61. The molecule has 0 unspecified atom stereocenters. The lowest BCUT2D eigenvalue weighted by Crippen LogP contribution is -2.38. The zero-order chi connectivity index (χ0) is 17.9. The summed E-state index contributed by atoms with van der Waals surface area (Å²) in [5, 5.41) is 15.3. The molecule has 0 saturated heterocycles. The van der Waals surface area contributed by atoms with Crippen molar-refractivity contribution in [3.63, 3.8) is 0 Å². The molecule has 26 heavy (non-hydrogen) atoms. The van der Waals surface area contributed by atoms with Gasteiger partial charge in [0.25, 0.3) is 0 Å². The zero-order valence-electron chi connectivity index (χ0n) is 16.5. The monoisotopic (exact) mass is 478 g/mol. The molecule has 2 rings (SSSR count). The van der Waals surface area contributed by atoms with Gasteiger partial charge in [0.2, 0.25) is 0 Å². The number of aromatic nitrogens is 3. The van der Waals surface area contributed by atoms with Gasteiger partial charge in [-0.15, -0.1) is 34.2 Å². The molecule has 0 radical (unpaired) electrons. The van der Waals surface area contributed by atoms with Crippen LogP contribution in [0, 0.1) is 5.92 Å². The lowest BCUT2D eigenvalue weighted by Gasteiger charge is -2.12. The Labute approximate surface area is 174 Å². The second-order valence-corrected chi connectivity index (χ2v) is 6.94. The lowest BCUT2D eigenvalue weighted by molar-refractivity contribution is 0.108. The summed E-state index contributed by atoms with van der Waals surface area (Å²) < 4.78 is 7.86. The summed E-state index contributed by atoms with van der Waals surface area (Å²) in [5.74, 6) is 3.50. The number of rotatable bonds is 9. The Hall–Kier alpha value is -0.900. The Kier molecular flexibility index (Phi) is 11.8. The van der Waals surface area contributed by atoms with Gasteiger partial charge in [-0.05, 0) is 32.1 Å². The van der Waals surface area contributed by atoms with E-state index in [0.29, 0.717) is 12.5 Å². The van der Waals surface area contributed by atoms with Gasteiger partial charge < -0.3 is 19.9 Å². The van der Waals surface area contributed by atoms with Crippen LogP contribution in [0.25, 0.3) is 0 Å². The smallest absolute Gasteiger partial charge is 0.191 e. The lowest BCUT2D eigenvalue weighted by atomic mass is 10.2. The van der Waals surface area contributed by atoms with E-state index in [4.69, 9.17) is 4.74 Å². The fourth-order valence-corrected chi connectivity index (χ4v) is 2.85. The van der Waals surface area contributed by atoms with Crippen molar-refractivity contribution in [2.75, 3.05) is 26.3 Å². The van der Waals surface area contributed by atoms with Crippen LogP contribution in [0.2, 0.25) is 0 Å². The molecule has 0 saturated carbocycles. The third kappa shape index (κ3) is 8.20. The number of fused-ring (bicyclic) bond motifs is 1. The van der Waals surface area contributed by atoms with Gasteiger partial charge in [-0.2, -0.15) is 0 Å². The SMILES string of the molecule is CCNC(=NCc1nnc2n1CCCCC2)NCCCOCC(C)C.I. The summed E-state index contributed by atoms with van der Waals surface area (Å²) in [4.78, 5) is 4.67. The number of ether oxygens (including phenoxy) is 1. The van der Waals surface area contributed by atoms with Crippen molar-refractivity contribution in [3.05, 3.63) is 11.6 Å².